The van der Waals surface area contributed by atoms with Gasteiger partial charge in [0.2, 0.25) is 0 Å². The van der Waals surface area contributed by atoms with Crippen LogP contribution in [0.5, 0.6) is 0 Å². The number of nitrogens with one attached hydrogen (secondary N) is 1. The highest BCUT2D eigenvalue weighted by atomic mass is 16.7. The quantitative estimate of drug-likeness (QED) is 0.608. The molecule has 2 aromatic rings. The molecule has 168 valence electrons. The molecule has 0 aromatic heterocycles. The highest BCUT2D eigenvalue weighted by Gasteiger charge is 2.51. The third-order valence-corrected chi connectivity index (χ3v) is 5.93. The number of benzene rings is 2. The summed E-state index contributed by atoms with van der Waals surface area (Å²) in [5.41, 5.74) is 8.89. The summed E-state index contributed by atoms with van der Waals surface area (Å²) in [4.78, 5) is 0. The normalized spacial score (nSPS) is 29.6. The molecule has 7 unspecified atom stereocenters. The van der Waals surface area contributed by atoms with Crippen LogP contribution in [0.2, 0.25) is 0 Å². The van der Waals surface area contributed by atoms with Crippen LogP contribution in [0.15, 0.2) is 60.7 Å². The van der Waals surface area contributed by atoms with Crippen molar-refractivity contribution in [2.45, 2.75) is 69.7 Å². The number of rotatable bonds is 10. The minimum atomic E-state index is -0.427. The second-order valence-electron chi connectivity index (χ2n) is 8.63. The minimum Gasteiger partial charge on any atom is -0.369 e. The van der Waals surface area contributed by atoms with Crippen LogP contribution in [0.1, 0.15) is 25.0 Å². The largest absolute Gasteiger partial charge is 0.369 e. The van der Waals surface area contributed by atoms with Crippen LogP contribution in [-0.2, 0) is 32.0 Å². The van der Waals surface area contributed by atoms with Crippen LogP contribution in [0.3, 0.4) is 0 Å². The molecule has 6 heteroatoms. The zero-order chi connectivity index (χ0) is 21.6. The smallest absolute Gasteiger partial charge is 0.175 e. The molecular formula is C25H34N2O4. The zero-order valence-corrected chi connectivity index (χ0v) is 18.4. The standard InChI is InChI=1S/C25H34N2O4/c1-17(13-19-9-5-3-6-10-19)27-14-18(2)30-24-22(26)25-29-16-21(31-25)23(24)28-15-20-11-7-4-8-12-20/h3-12,17-18,21-25,27H,13-16,26H2,1-2H3. The minimum absolute atomic E-state index is 0.0189. The van der Waals surface area contributed by atoms with Gasteiger partial charge in [-0.15, -0.1) is 0 Å². The van der Waals surface area contributed by atoms with E-state index in [0.29, 0.717) is 19.3 Å². The Morgan fingerprint density at radius 2 is 1.68 bits per heavy atom. The van der Waals surface area contributed by atoms with Crippen LogP contribution in [0.4, 0.5) is 0 Å². The second-order valence-corrected chi connectivity index (χ2v) is 8.63. The lowest BCUT2D eigenvalue weighted by Crippen LogP contribution is -2.60. The highest BCUT2D eigenvalue weighted by Crippen LogP contribution is 2.32. The van der Waals surface area contributed by atoms with E-state index in [1.807, 2.05) is 36.4 Å². The summed E-state index contributed by atoms with van der Waals surface area (Å²) in [5, 5.41) is 3.58. The van der Waals surface area contributed by atoms with E-state index in [2.05, 4.69) is 43.4 Å². The molecule has 3 N–H and O–H groups in total. The lowest BCUT2D eigenvalue weighted by molar-refractivity contribution is -0.217. The van der Waals surface area contributed by atoms with Gasteiger partial charge in [-0.05, 0) is 31.4 Å². The first-order chi connectivity index (χ1) is 15.1. The van der Waals surface area contributed by atoms with Gasteiger partial charge in [0.15, 0.2) is 6.29 Å². The van der Waals surface area contributed by atoms with E-state index in [9.17, 15) is 0 Å². The molecular weight excluding hydrogens is 392 g/mol. The van der Waals surface area contributed by atoms with E-state index >= 15 is 0 Å². The second kappa shape index (κ2) is 10.7. The van der Waals surface area contributed by atoms with Gasteiger partial charge in [-0.2, -0.15) is 0 Å². The summed E-state index contributed by atoms with van der Waals surface area (Å²) in [6.07, 6.45) is -0.172. The van der Waals surface area contributed by atoms with Crippen molar-refractivity contribution in [3.63, 3.8) is 0 Å². The molecule has 2 aliphatic heterocycles. The molecule has 0 saturated carbocycles. The predicted octanol–water partition coefficient (Wildman–Crippen LogP) is 2.65. The number of nitrogens with two attached hydrogens (primary N) is 1. The topological polar surface area (TPSA) is 75.0 Å². The molecule has 7 atom stereocenters. The Morgan fingerprint density at radius 3 is 2.39 bits per heavy atom. The molecule has 0 aliphatic carbocycles. The third-order valence-electron chi connectivity index (χ3n) is 5.93. The molecule has 2 aliphatic rings. The Hall–Kier alpha value is -1.80. The molecule has 6 nitrogen and oxygen atoms in total. The molecule has 2 heterocycles. The first-order valence-corrected chi connectivity index (χ1v) is 11.2. The maximum atomic E-state index is 6.45. The Balaban J connectivity index is 1.31. The zero-order valence-electron chi connectivity index (χ0n) is 18.4. The van der Waals surface area contributed by atoms with Crippen molar-refractivity contribution in [1.82, 2.24) is 5.32 Å². The van der Waals surface area contributed by atoms with E-state index in [1.54, 1.807) is 0 Å². The number of ether oxygens (including phenoxy) is 4. The van der Waals surface area contributed by atoms with Crippen molar-refractivity contribution < 1.29 is 18.9 Å². The summed E-state index contributed by atoms with van der Waals surface area (Å²) < 4.78 is 24.3. The SMILES string of the molecule is CC(Cc1ccccc1)NCC(C)OC1C(N)C2OCC(O2)C1OCc1ccccc1. The molecule has 2 aromatic carbocycles. The lowest BCUT2D eigenvalue weighted by atomic mass is 9.98. The van der Waals surface area contributed by atoms with E-state index < -0.39 is 6.29 Å². The molecule has 31 heavy (non-hydrogen) atoms. The van der Waals surface area contributed by atoms with E-state index in [0.717, 1.165) is 18.5 Å². The van der Waals surface area contributed by atoms with Crippen molar-refractivity contribution in [2.75, 3.05) is 13.2 Å². The molecule has 2 bridgehead atoms. The lowest BCUT2D eigenvalue weighted by Gasteiger charge is -2.40. The van der Waals surface area contributed by atoms with Crippen molar-refractivity contribution >= 4 is 0 Å². The van der Waals surface area contributed by atoms with Gasteiger partial charge in [-0.3, -0.25) is 0 Å². The molecule has 2 fully saturated rings. The van der Waals surface area contributed by atoms with Gasteiger partial charge in [0.05, 0.1) is 25.4 Å². The Morgan fingerprint density at radius 1 is 1.00 bits per heavy atom. The fourth-order valence-electron chi connectivity index (χ4n) is 4.26. The first kappa shape index (κ1) is 22.4. The number of hydrogen-bond donors (Lipinski definition) is 2. The maximum absolute atomic E-state index is 6.45. The van der Waals surface area contributed by atoms with Crippen molar-refractivity contribution in [2.24, 2.45) is 5.73 Å². The van der Waals surface area contributed by atoms with Gasteiger partial charge in [-0.25, -0.2) is 0 Å². The summed E-state index contributed by atoms with van der Waals surface area (Å²) in [6, 6.07) is 20.6. The average Bonchev–Trinajstić information content (AvgIpc) is 3.23. The fourth-order valence-corrected chi connectivity index (χ4v) is 4.26. The van der Waals surface area contributed by atoms with Crippen LogP contribution < -0.4 is 11.1 Å². The Labute approximate surface area is 185 Å². The van der Waals surface area contributed by atoms with E-state index in [1.165, 1.54) is 5.56 Å². The summed E-state index contributed by atoms with van der Waals surface area (Å²) in [7, 11) is 0. The van der Waals surface area contributed by atoms with Gasteiger partial charge in [0.25, 0.3) is 0 Å². The summed E-state index contributed by atoms with van der Waals surface area (Å²) in [5.74, 6) is 0. The van der Waals surface area contributed by atoms with Crippen molar-refractivity contribution in [1.29, 1.82) is 0 Å². The summed E-state index contributed by atoms with van der Waals surface area (Å²) in [6.45, 7) is 5.97. The highest BCUT2D eigenvalue weighted by molar-refractivity contribution is 5.16. The molecule has 0 radical (unpaired) electrons. The number of fused-ring (bicyclic) bond motifs is 2. The Bertz CT molecular complexity index is 791. The van der Waals surface area contributed by atoms with Gasteiger partial charge in [-0.1, -0.05) is 60.7 Å². The van der Waals surface area contributed by atoms with Crippen LogP contribution in [0, 0.1) is 0 Å². The molecule has 2 saturated heterocycles. The third kappa shape index (κ3) is 5.92. The van der Waals surface area contributed by atoms with Gasteiger partial charge in [0.1, 0.15) is 18.3 Å². The number of hydrogen-bond acceptors (Lipinski definition) is 6. The molecule has 4 rings (SSSR count). The van der Waals surface area contributed by atoms with E-state index in [-0.39, 0.29) is 30.5 Å². The van der Waals surface area contributed by atoms with Crippen molar-refractivity contribution in [3.05, 3.63) is 71.8 Å². The monoisotopic (exact) mass is 426 g/mol. The van der Waals surface area contributed by atoms with Gasteiger partial charge >= 0.3 is 0 Å². The van der Waals surface area contributed by atoms with Crippen LogP contribution >= 0.6 is 0 Å². The van der Waals surface area contributed by atoms with Crippen LogP contribution in [-0.4, -0.2) is 55.9 Å². The summed E-state index contributed by atoms with van der Waals surface area (Å²) >= 11 is 0. The van der Waals surface area contributed by atoms with Gasteiger partial charge < -0.3 is 30.0 Å². The maximum Gasteiger partial charge on any atom is 0.175 e. The Kier molecular flexibility index (Phi) is 7.72. The van der Waals surface area contributed by atoms with Crippen LogP contribution in [0.25, 0.3) is 0 Å². The first-order valence-electron chi connectivity index (χ1n) is 11.2. The van der Waals surface area contributed by atoms with Crippen molar-refractivity contribution in [3.8, 4) is 0 Å². The average molecular weight is 427 g/mol. The molecule has 0 spiro atoms. The molecule has 0 amide bonds. The predicted molar refractivity (Wildman–Crippen MR) is 120 cm³/mol. The fraction of sp³-hybridized carbons (Fsp3) is 0.520. The van der Waals surface area contributed by atoms with Gasteiger partial charge in [0, 0.05) is 12.6 Å². The van der Waals surface area contributed by atoms with E-state index in [4.69, 9.17) is 24.7 Å².